The summed E-state index contributed by atoms with van der Waals surface area (Å²) in [5.74, 6) is 1.38. The standard InChI is InChI=1S/C25H22ClN7O5S/c1-4-38-19-12-5-9-16(28-19)24-31-23-25(33(24)20-17(36-2)10-6-11-18(20)37-3)30-22(21(26)29-23)32-39(34,35)15-8-7-13-27-14-15/h5-14H,4H2,1-3H3,(H,30,32). The summed E-state index contributed by atoms with van der Waals surface area (Å²) >= 11 is 6.38. The Morgan fingerprint density at radius 1 is 0.949 bits per heavy atom. The van der Waals surface area contributed by atoms with E-state index in [9.17, 15) is 8.42 Å². The topological polar surface area (TPSA) is 143 Å². The van der Waals surface area contributed by atoms with Crippen LogP contribution >= 0.6 is 11.6 Å². The highest BCUT2D eigenvalue weighted by Crippen LogP contribution is 2.38. The summed E-state index contributed by atoms with van der Waals surface area (Å²) in [7, 11) is -1.04. The zero-order chi connectivity index (χ0) is 27.6. The van der Waals surface area contributed by atoms with E-state index in [-0.39, 0.29) is 27.2 Å². The van der Waals surface area contributed by atoms with E-state index in [1.165, 1.54) is 38.7 Å². The predicted octanol–water partition coefficient (Wildman–Crippen LogP) is 4.14. The number of para-hydroxylation sites is 1. The predicted molar refractivity (Wildman–Crippen MR) is 144 cm³/mol. The molecule has 39 heavy (non-hydrogen) atoms. The minimum Gasteiger partial charge on any atom is -0.494 e. The highest BCUT2D eigenvalue weighted by atomic mass is 35.5. The Balaban J connectivity index is 1.78. The molecule has 5 aromatic rings. The van der Waals surface area contributed by atoms with Gasteiger partial charge in [-0.15, -0.1) is 0 Å². The van der Waals surface area contributed by atoms with Crippen molar-refractivity contribution in [3.63, 3.8) is 0 Å². The molecule has 0 saturated carbocycles. The molecule has 200 valence electrons. The quantitative estimate of drug-likeness (QED) is 0.276. The van der Waals surface area contributed by atoms with Crippen LogP contribution in [0.1, 0.15) is 6.92 Å². The van der Waals surface area contributed by atoms with Crippen molar-refractivity contribution in [2.75, 3.05) is 25.5 Å². The van der Waals surface area contributed by atoms with E-state index in [0.29, 0.717) is 41.2 Å². The zero-order valence-electron chi connectivity index (χ0n) is 21.0. The van der Waals surface area contributed by atoms with Gasteiger partial charge in [-0.2, -0.15) is 0 Å². The molecule has 0 aliphatic carbocycles. The molecule has 0 spiro atoms. The Bertz CT molecular complexity index is 1740. The third-order valence-electron chi connectivity index (χ3n) is 5.50. The fourth-order valence-corrected chi connectivity index (χ4v) is 5.03. The first-order valence-electron chi connectivity index (χ1n) is 11.6. The number of anilines is 1. The number of nitrogens with zero attached hydrogens (tertiary/aromatic N) is 6. The normalized spacial score (nSPS) is 11.4. The molecule has 0 aliphatic rings. The van der Waals surface area contributed by atoms with Gasteiger partial charge in [-0.3, -0.25) is 14.3 Å². The number of sulfonamides is 1. The van der Waals surface area contributed by atoms with Gasteiger partial charge in [0.1, 0.15) is 27.8 Å². The van der Waals surface area contributed by atoms with Crippen LogP contribution < -0.4 is 18.9 Å². The summed E-state index contributed by atoms with van der Waals surface area (Å²) in [4.78, 5) is 21.9. The SMILES string of the molecule is CCOc1cccc(-c2nc3nc(Cl)c(NS(=O)(=O)c4cccnc4)nc3n2-c2c(OC)cccc2OC)n1. The van der Waals surface area contributed by atoms with Gasteiger partial charge in [0.25, 0.3) is 10.0 Å². The van der Waals surface area contributed by atoms with Crippen LogP contribution in [-0.4, -0.2) is 58.7 Å². The fourth-order valence-electron chi connectivity index (χ4n) is 3.83. The van der Waals surface area contributed by atoms with Gasteiger partial charge in [-0.1, -0.05) is 23.7 Å². The Hall–Kier alpha value is -4.49. The summed E-state index contributed by atoms with van der Waals surface area (Å²) in [6.45, 7) is 2.28. The first kappa shape index (κ1) is 26.1. The Kier molecular flexibility index (Phi) is 7.17. The van der Waals surface area contributed by atoms with Gasteiger partial charge >= 0.3 is 0 Å². The number of hydrogen-bond acceptors (Lipinski definition) is 10. The second kappa shape index (κ2) is 10.7. The van der Waals surface area contributed by atoms with Crippen LogP contribution in [-0.2, 0) is 10.0 Å². The van der Waals surface area contributed by atoms with E-state index in [2.05, 4.69) is 29.6 Å². The van der Waals surface area contributed by atoms with Gasteiger partial charge in [0.15, 0.2) is 28.1 Å². The molecule has 0 saturated heterocycles. The van der Waals surface area contributed by atoms with Gasteiger partial charge in [0, 0.05) is 18.5 Å². The van der Waals surface area contributed by atoms with Crippen LogP contribution in [0, 0.1) is 0 Å². The third kappa shape index (κ3) is 5.01. The van der Waals surface area contributed by atoms with Crippen molar-refractivity contribution in [2.24, 2.45) is 0 Å². The number of hydrogen-bond donors (Lipinski definition) is 1. The van der Waals surface area contributed by atoms with E-state index >= 15 is 0 Å². The maximum Gasteiger partial charge on any atom is 0.264 e. The average Bonchev–Trinajstić information content (AvgIpc) is 3.31. The summed E-state index contributed by atoms with van der Waals surface area (Å²) in [5.41, 5.74) is 1.18. The van der Waals surface area contributed by atoms with E-state index in [0.717, 1.165) is 0 Å². The van der Waals surface area contributed by atoms with E-state index in [4.69, 9.17) is 25.8 Å². The molecule has 0 atom stereocenters. The van der Waals surface area contributed by atoms with Crippen LogP contribution in [0.5, 0.6) is 17.4 Å². The number of halogens is 1. The second-order valence-corrected chi connectivity index (χ2v) is 9.92. The number of aromatic nitrogens is 6. The average molecular weight is 568 g/mol. The van der Waals surface area contributed by atoms with Crippen LogP contribution in [0.4, 0.5) is 5.82 Å². The third-order valence-corrected chi connectivity index (χ3v) is 7.09. The molecule has 0 amide bonds. The number of ether oxygens (including phenoxy) is 3. The minimum atomic E-state index is -4.07. The monoisotopic (exact) mass is 567 g/mol. The summed E-state index contributed by atoms with van der Waals surface area (Å²) in [6.07, 6.45) is 2.68. The molecule has 4 aromatic heterocycles. The van der Waals surface area contributed by atoms with Crippen molar-refractivity contribution in [3.8, 4) is 34.6 Å². The lowest BCUT2D eigenvalue weighted by Crippen LogP contribution is -2.15. The van der Waals surface area contributed by atoms with Gasteiger partial charge in [0.2, 0.25) is 5.88 Å². The molecule has 0 fully saturated rings. The Labute approximate surface area is 228 Å². The largest absolute Gasteiger partial charge is 0.494 e. The molecule has 4 heterocycles. The van der Waals surface area contributed by atoms with Gasteiger partial charge < -0.3 is 14.2 Å². The number of imidazole rings is 1. The van der Waals surface area contributed by atoms with Gasteiger partial charge in [-0.05, 0) is 37.3 Å². The molecule has 12 nitrogen and oxygen atoms in total. The van der Waals surface area contributed by atoms with Crippen molar-refractivity contribution in [1.29, 1.82) is 0 Å². The summed E-state index contributed by atoms with van der Waals surface area (Å²) in [5, 5.41) is -0.200. The van der Waals surface area contributed by atoms with Crippen molar-refractivity contribution in [1.82, 2.24) is 29.5 Å². The van der Waals surface area contributed by atoms with Crippen molar-refractivity contribution < 1.29 is 22.6 Å². The van der Waals surface area contributed by atoms with Crippen molar-refractivity contribution in [2.45, 2.75) is 11.8 Å². The maximum atomic E-state index is 13.0. The minimum absolute atomic E-state index is 0.0690. The lowest BCUT2D eigenvalue weighted by Gasteiger charge is -2.16. The fraction of sp³-hybridized carbons (Fsp3) is 0.160. The molecule has 0 bridgehead atoms. The van der Waals surface area contributed by atoms with Crippen LogP contribution in [0.25, 0.3) is 28.5 Å². The van der Waals surface area contributed by atoms with Crippen molar-refractivity contribution >= 4 is 38.7 Å². The van der Waals surface area contributed by atoms with E-state index in [1.54, 1.807) is 41.0 Å². The second-order valence-electron chi connectivity index (χ2n) is 7.88. The summed E-state index contributed by atoms with van der Waals surface area (Å²) in [6, 6.07) is 13.4. The number of nitrogens with one attached hydrogen (secondary N) is 1. The van der Waals surface area contributed by atoms with Gasteiger partial charge in [-0.25, -0.2) is 28.4 Å². The molecular formula is C25H22ClN7O5S. The lowest BCUT2D eigenvalue weighted by atomic mass is 10.2. The number of rotatable bonds is 9. The highest BCUT2D eigenvalue weighted by molar-refractivity contribution is 7.92. The number of fused-ring (bicyclic) bond motifs is 1. The highest BCUT2D eigenvalue weighted by Gasteiger charge is 2.26. The van der Waals surface area contributed by atoms with E-state index < -0.39 is 10.0 Å². The summed E-state index contributed by atoms with van der Waals surface area (Å²) < 4.78 is 46.9. The number of pyridine rings is 2. The smallest absolute Gasteiger partial charge is 0.264 e. The Morgan fingerprint density at radius 3 is 2.36 bits per heavy atom. The van der Waals surface area contributed by atoms with Crippen molar-refractivity contribution in [3.05, 3.63) is 66.1 Å². The molecule has 1 aromatic carbocycles. The van der Waals surface area contributed by atoms with E-state index in [1.807, 2.05) is 6.92 Å². The Morgan fingerprint density at radius 2 is 1.69 bits per heavy atom. The zero-order valence-corrected chi connectivity index (χ0v) is 22.6. The first-order chi connectivity index (χ1) is 18.9. The molecule has 0 radical (unpaired) electrons. The first-order valence-corrected chi connectivity index (χ1v) is 13.4. The molecule has 0 aliphatic heterocycles. The number of methoxy groups -OCH3 is 2. The molecular weight excluding hydrogens is 546 g/mol. The molecule has 0 unspecified atom stereocenters. The van der Waals surface area contributed by atoms with Crippen LogP contribution in [0.15, 0.2) is 65.8 Å². The van der Waals surface area contributed by atoms with Crippen LogP contribution in [0.2, 0.25) is 5.15 Å². The van der Waals surface area contributed by atoms with Gasteiger partial charge in [0.05, 0.1) is 20.8 Å². The molecule has 1 N–H and O–H groups in total. The lowest BCUT2D eigenvalue weighted by molar-refractivity contribution is 0.327. The number of benzene rings is 1. The van der Waals surface area contributed by atoms with Crippen LogP contribution in [0.3, 0.4) is 0 Å². The maximum absolute atomic E-state index is 13.0. The molecule has 14 heteroatoms. The molecule has 5 rings (SSSR count).